The second kappa shape index (κ2) is 8.20. The lowest BCUT2D eigenvalue weighted by Crippen LogP contribution is -2.34. The molecule has 8 heteroatoms. The first-order valence-electron chi connectivity index (χ1n) is 10.7. The molecule has 0 radical (unpaired) electrons. The summed E-state index contributed by atoms with van der Waals surface area (Å²) in [6.45, 7) is 1.57. The van der Waals surface area contributed by atoms with Crippen molar-refractivity contribution in [2.24, 2.45) is 0 Å². The molecular formula is C24H22N4O3S. The Morgan fingerprint density at radius 2 is 1.78 bits per heavy atom. The maximum Gasteiger partial charge on any atom is 0.293 e. The van der Waals surface area contributed by atoms with Crippen molar-refractivity contribution in [2.45, 2.75) is 25.7 Å². The predicted molar refractivity (Wildman–Crippen MR) is 130 cm³/mol. The van der Waals surface area contributed by atoms with Gasteiger partial charge in [-0.05, 0) is 72.6 Å². The number of rotatable bonds is 4. The molecular weight excluding hydrogens is 424 g/mol. The molecule has 3 aromatic rings. The van der Waals surface area contributed by atoms with Crippen LogP contribution in [0.15, 0.2) is 48.5 Å². The monoisotopic (exact) mass is 446 g/mol. The highest BCUT2D eigenvalue weighted by Crippen LogP contribution is 2.35. The molecule has 32 heavy (non-hydrogen) atoms. The van der Waals surface area contributed by atoms with Crippen LogP contribution in [0.1, 0.15) is 34.3 Å². The SMILES string of the molecule is O=C(NC(=S)Nc1ccc2c3c(cccc13)CC2)c1ccc(N2CCCC2)c([N+](=O)[O-])c1. The quantitative estimate of drug-likeness (QED) is 0.347. The number of aryl methyl sites for hydroxylation is 2. The number of carbonyl (C=O) groups excluding carboxylic acids is 1. The Hall–Kier alpha value is -3.52. The van der Waals surface area contributed by atoms with Crippen molar-refractivity contribution < 1.29 is 9.72 Å². The predicted octanol–water partition coefficient (Wildman–Crippen LogP) is 4.57. The zero-order valence-electron chi connectivity index (χ0n) is 17.4. The summed E-state index contributed by atoms with van der Waals surface area (Å²) in [6, 6.07) is 14.9. The van der Waals surface area contributed by atoms with Crippen LogP contribution in [0.3, 0.4) is 0 Å². The van der Waals surface area contributed by atoms with Gasteiger partial charge < -0.3 is 10.2 Å². The first-order chi connectivity index (χ1) is 15.5. The second-order valence-corrected chi connectivity index (χ2v) is 8.58. The summed E-state index contributed by atoms with van der Waals surface area (Å²) in [5, 5.41) is 19.9. The molecule has 1 fully saturated rings. The lowest BCUT2D eigenvalue weighted by molar-refractivity contribution is -0.384. The Labute approximate surface area is 190 Å². The Kier molecular flexibility index (Phi) is 5.22. The summed E-state index contributed by atoms with van der Waals surface area (Å²) in [6.07, 6.45) is 4.08. The van der Waals surface area contributed by atoms with E-state index in [0.717, 1.165) is 49.8 Å². The van der Waals surface area contributed by atoms with Crippen molar-refractivity contribution in [2.75, 3.05) is 23.3 Å². The molecule has 162 valence electrons. The Morgan fingerprint density at radius 1 is 1.03 bits per heavy atom. The average molecular weight is 447 g/mol. The number of carbonyl (C=O) groups is 1. The van der Waals surface area contributed by atoms with Crippen molar-refractivity contribution in [3.05, 3.63) is 75.3 Å². The largest absolute Gasteiger partial charge is 0.366 e. The van der Waals surface area contributed by atoms with Gasteiger partial charge in [-0.3, -0.25) is 20.2 Å². The van der Waals surface area contributed by atoms with Gasteiger partial charge in [0.25, 0.3) is 11.6 Å². The molecule has 7 nitrogen and oxygen atoms in total. The molecule has 1 heterocycles. The molecule has 0 saturated carbocycles. The van der Waals surface area contributed by atoms with E-state index >= 15 is 0 Å². The number of anilines is 2. The second-order valence-electron chi connectivity index (χ2n) is 8.17. The molecule has 0 unspecified atom stereocenters. The van der Waals surface area contributed by atoms with Crippen molar-refractivity contribution in [3.8, 4) is 0 Å². The van der Waals surface area contributed by atoms with Gasteiger partial charge in [0.05, 0.1) is 4.92 Å². The number of hydrogen-bond acceptors (Lipinski definition) is 5. The minimum Gasteiger partial charge on any atom is -0.366 e. The highest BCUT2D eigenvalue weighted by Gasteiger charge is 2.24. The summed E-state index contributed by atoms with van der Waals surface area (Å²) >= 11 is 5.37. The van der Waals surface area contributed by atoms with Crippen LogP contribution in [-0.2, 0) is 12.8 Å². The standard InChI is InChI=1S/C24H22N4O3S/c29-23(17-9-11-20(21(14-17)28(30)31)27-12-1-2-13-27)26-24(32)25-19-10-8-16-7-6-15-4-3-5-18(19)22(15)16/h3-5,8-11,14H,1-2,6-7,12-13H2,(H2,25,26,29,32). The third-order valence-electron chi connectivity index (χ3n) is 6.23. The van der Waals surface area contributed by atoms with Crippen molar-refractivity contribution >= 4 is 51.1 Å². The van der Waals surface area contributed by atoms with Gasteiger partial charge in [-0.15, -0.1) is 0 Å². The molecule has 0 atom stereocenters. The number of hydrogen-bond donors (Lipinski definition) is 2. The fraction of sp³-hybridized carbons (Fsp3) is 0.250. The molecule has 1 aliphatic carbocycles. The van der Waals surface area contributed by atoms with Crippen LogP contribution in [0, 0.1) is 10.1 Å². The number of thiocarbonyl (C=S) groups is 1. The van der Waals surface area contributed by atoms with Crippen LogP contribution in [-0.4, -0.2) is 29.0 Å². The number of nitrogens with zero attached hydrogens (tertiary/aromatic N) is 2. The summed E-state index contributed by atoms with van der Waals surface area (Å²) in [4.78, 5) is 25.9. The Morgan fingerprint density at radius 3 is 2.53 bits per heavy atom. The van der Waals surface area contributed by atoms with Crippen molar-refractivity contribution in [1.82, 2.24) is 5.32 Å². The highest BCUT2D eigenvalue weighted by molar-refractivity contribution is 7.80. The molecule has 0 aromatic heterocycles. The maximum atomic E-state index is 12.8. The number of benzene rings is 3. The number of nitrogens with one attached hydrogen (secondary N) is 2. The lowest BCUT2D eigenvalue weighted by atomic mass is 10.0. The minimum absolute atomic E-state index is 0.0640. The normalized spacial score (nSPS) is 14.6. The molecule has 2 aliphatic rings. The van der Waals surface area contributed by atoms with E-state index < -0.39 is 10.8 Å². The van der Waals surface area contributed by atoms with Gasteiger partial charge >= 0.3 is 0 Å². The number of nitro groups is 1. The Bertz CT molecular complexity index is 1260. The fourth-order valence-corrected chi connectivity index (χ4v) is 4.92. The van der Waals surface area contributed by atoms with Gasteiger partial charge in [-0.2, -0.15) is 0 Å². The van der Waals surface area contributed by atoms with Crippen LogP contribution in [0.25, 0.3) is 10.8 Å². The summed E-state index contributed by atoms with van der Waals surface area (Å²) in [7, 11) is 0. The number of nitro benzene ring substituents is 1. The molecule has 1 saturated heterocycles. The van der Waals surface area contributed by atoms with E-state index in [1.807, 2.05) is 23.1 Å². The van der Waals surface area contributed by atoms with Crippen LogP contribution in [0.5, 0.6) is 0 Å². The zero-order valence-corrected chi connectivity index (χ0v) is 18.2. The van der Waals surface area contributed by atoms with Gasteiger partial charge in [0, 0.05) is 35.8 Å². The van der Waals surface area contributed by atoms with Gasteiger partial charge in [0.2, 0.25) is 0 Å². The summed E-state index contributed by atoms with van der Waals surface area (Å²) in [5.41, 5.74) is 4.16. The average Bonchev–Trinajstić information content (AvgIpc) is 3.46. The molecule has 2 N–H and O–H groups in total. The molecule has 1 aliphatic heterocycles. The van der Waals surface area contributed by atoms with Crippen molar-refractivity contribution in [3.63, 3.8) is 0 Å². The van der Waals surface area contributed by atoms with Crippen LogP contribution in [0.4, 0.5) is 17.1 Å². The van der Waals surface area contributed by atoms with Gasteiger partial charge in [-0.25, -0.2) is 0 Å². The van der Waals surface area contributed by atoms with Gasteiger partial charge in [-0.1, -0.05) is 24.3 Å². The summed E-state index contributed by atoms with van der Waals surface area (Å²) in [5.74, 6) is -0.482. The lowest BCUT2D eigenvalue weighted by Gasteiger charge is -2.18. The van der Waals surface area contributed by atoms with Crippen molar-refractivity contribution in [1.29, 1.82) is 0 Å². The molecule has 3 aromatic carbocycles. The topological polar surface area (TPSA) is 87.5 Å². The molecule has 5 rings (SSSR count). The molecule has 0 spiro atoms. The number of amides is 1. The van der Waals surface area contributed by atoms with Gasteiger partial charge in [0.15, 0.2) is 5.11 Å². The molecule has 1 amide bonds. The first-order valence-corrected chi connectivity index (χ1v) is 11.1. The van der Waals surface area contributed by atoms with Crippen LogP contribution < -0.4 is 15.5 Å². The smallest absolute Gasteiger partial charge is 0.293 e. The third kappa shape index (κ3) is 3.67. The fourth-order valence-electron chi connectivity index (χ4n) is 4.72. The maximum absolute atomic E-state index is 12.8. The third-order valence-corrected chi connectivity index (χ3v) is 6.44. The molecule has 0 bridgehead atoms. The van der Waals surface area contributed by atoms with E-state index in [0.29, 0.717) is 5.69 Å². The zero-order chi connectivity index (χ0) is 22.2. The van der Waals surface area contributed by atoms with E-state index in [9.17, 15) is 14.9 Å². The van der Waals surface area contributed by atoms with E-state index in [4.69, 9.17) is 12.2 Å². The Balaban J connectivity index is 1.34. The van der Waals surface area contributed by atoms with Crippen LogP contribution >= 0.6 is 12.2 Å². The summed E-state index contributed by atoms with van der Waals surface area (Å²) < 4.78 is 0. The van der Waals surface area contributed by atoms with E-state index in [2.05, 4.69) is 22.8 Å². The van der Waals surface area contributed by atoms with Gasteiger partial charge in [0.1, 0.15) is 5.69 Å². The van der Waals surface area contributed by atoms with E-state index in [1.165, 1.54) is 22.6 Å². The highest BCUT2D eigenvalue weighted by atomic mass is 32.1. The van der Waals surface area contributed by atoms with E-state index in [1.54, 1.807) is 12.1 Å². The first kappa shape index (κ1) is 20.4. The minimum atomic E-state index is -0.482. The van der Waals surface area contributed by atoms with Crippen LogP contribution in [0.2, 0.25) is 0 Å². The van der Waals surface area contributed by atoms with E-state index in [-0.39, 0.29) is 16.4 Å².